The lowest BCUT2D eigenvalue weighted by Gasteiger charge is -2.01. The summed E-state index contributed by atoms with van der Waals surface area (Å²) in [6.45, 7) is 4.30. The molecule has 0 aromatic carbocycles. The average molecular weight is 171 g/mol. The summed E-state index contributed by atoms with van der Waals surface area (Å²) in [5.41, 5.74) is 1.00. The second kappa shape index (κ2) is 3.67. The minimum Gasteiger partial charge on any atom is -0.154 e. The summed E-state index contributed by atoms with van der Waals surface area (Å²) < 4.78 is 0. The molecule has 1 rings (SSSR count). The van der Waals surface area contributed by atoms with E-state index in [4.69, 9.17) is 11.6 Å². The van der Waals surface area contributed by atoms with Crippen LogP contribution in [0, 0.1) is 5.92 Å². The smallest absolute Gasteiger partial charge is 0.151 e. The second-order valence-electron chi connectivity index (χ2n) is 2.95. The normalized spacial score (nSPS) is 10.5. The third-order valence-electron chi connectivity index (χ3n) is 1.30. The molecule has 0 atom stereocenters. The first kappa shape index (κ1) is 8.47. The highest BCUT2D eigenvalue weighted by Gasteiger charge is 1.98. The van der Waals surface area contributed by atoms with Gasteiger partial charge >= 0.3 is 0 Å². The molecule has 0 N–H and O–H groups in total. The lowest BCUT2D eigenvalue weighted by Crippen LogP contribution is -1.98. The molecule has 0 bridgehead atoms. The van der Waals surface area contributed by atoms with Crippen molar-refractivity contribution in [2.75, 3.05) is 0 Å². The van der Waals surface area contributed by atoms with Crippen molar-refractivity contribution < 1.29 is 0 Å². The first-order chi connectivity index (χ1) is 5.18. The molecule has 0 aliphatic carbocycles. The molecule has 1 heterocycles. The predicted molar refractivity (Wildman–Crippen MR) is 45.6 cm³/mol. The van der Waals surface area contributed by atoms with Crippen molar-refractivity contribution in [2.45, 2.75) is 20.3 Å². The summed E-state index contributed by atoms with van der Waals surface area (Å²) in [6, 6.07) is 3.68. The third-order valence-corrected chi connectivity index (χ3v) is 1.51. The molecule has 2 nitrogen and oxygen atoms in total. The number of aromatic nitrogens is 2. The fourth-order valence-corrected chi connectivity index (χ4v) is 0.972. The highest BCUT2D eigenvalue weighted by Crippen LogP contribution is 2.06. The van der Waals surface area contributed by atoms with Crippen molar-refractivity contribution >= 4 is 11.6 Å². The monoisotopic (exact) mass is 170 g/mol. The van der Waals surface area contributed by atoms with E-state index in [0.717, 1.165) is 12.1 Å². The van der Waals surface area contributed by atoms with Crippen LogP contribution in [0.2, 0.25) is 5.15 Å². The molecular formula is C8H11ClN2. The van der Waals surface area contributed by atoms with E-state index >= 15 is 0 Å². The van der Waals surface area contributed by atoms with Crippen LogP contribution in [0.15, 0.2) is 12.1 Å². The van der Waals surface area contributed by atoms with Crippen LogP contribution in [0.25, 0.3) is 0 Å². The lowest BCUT2D eigenvalue weighted by molar-refractivity contribution is 0.628. The van der Waals surface area contributed by atoms with Crippen LogP contribution in [0.4, 0.5) is 0 Å². The van der Waals surface area contributed by atoms with Gasteiger partial charge in [0.1, 0.15) is 0 Å². The number of nitrogens with zero attached hydrogens (tertiary/aromatic N) is 2. The molecule has 0 amide bonds. The van der Waals surface area contributed by atoms with E-state index in [1.165, 1.54) is 0 Å². The van der Waals surface area contributed by atoms with E-state index in [1.807, 2.05) is 6.07 Å². The number of rotatable bonds is 2. The summed E-state index contributed by atoms with van der Waals surface area (Å²) in [5, 5.41) is 8.14. The maximum absolute atomic E-state index is 5.57. The molecule has 1 aromatic heterocycles. The molecule has 0 spiro atoms. The SMILES string of the molecule is CC(C)Cc1ccc(Cl)nn1. The summed E-state index contributed by atoms with van der Waals surface area (Å²) in [4.78, 5) is 0. The molecule has 0 unspecified atom stereocenters. The Labute approximate surface area is 71.6 Å². The average Bonchev–Trinajstić information content (AvgIpc) is 1.93. The molecule has 11 heavy (non-hydrogen) atoms. The van der Waals surface area contributed by atoms with Crippen molar-refractivity contribution in [3.05, 3.63) is 23.0 Å². The molecule has 0 saturated carbocycles. The van der Waals surface area contributed by atoms with Gasteiger partial charge in [-0.05, 0) is 24.5 Å². The summed E-state index contributed by atoms with van der Waals surface area (Å²) >= 11 is 5.57. The van der Waals surface area contributed by atoms with Gasteiger partial charge in [-0.15, -0.1) is 5.10 Å². The third kappa shape index (κ3) is 2.85. The molecule has 0 aliphatic rings. The van der Waals surface area contributed by atoms with Crippen molar-refractivity contribution in [3.8, 4) is 0 Å². The van der Waals surface area contributed by atoms with Crippen molar-refractivity contribution in [1.29, 1.82) is 0 Å². The number of halogens is 1. The van der Waals surface area contributed by atoms with Gasteiger partial charge in [-0.3, -0.25) is 0 Å². The van der Waals surface area contributed by atoms with Gasteiger partial charge in [0.15, 0.2) is 5.15 Å². The Bertz CT molecular complexity index is 218. The Balaban J connectivity index is 2.66. The fourth-order valence-electron chi connectivity index (χ4n) is 0.871. The van der Waals surface area contributed by atoms with E-state index in [1.54, 1.807) is 6.07 Å². The Hall–Kier alpha value is -0.630. The van der Waals surface area contributed by atoms with E-state index in [0.29, 0.717) is 11.1 Å². The van der Waals surface area contributed by atoms with Gasteiger partial charge in [0.25, 0.3) is 0 Å². The first-order valence-corrected chi connectivity index (χ1v) is 4.04. The van der Waals surface area contributed by atoms with E-state index in [2.05, 4.69) is 24.0 Å². The van der Waals surface area contributed by atoms with Crippen LogP contribution in [-0.4, -0.2) is 10.2 Å². The summed E-state index contributed by atoms with van der Waals surface area (Å²) in [5.74, 6) is 0.616. The zero-order chi connectivity index (χ0) is 8.27. The summed E-state index contributed by atoms with van der Waals surface area (Å²) in [7, 11) is 0. The van der Waals surface area contributed by atoms with Gasteiger partial charge in [-0.1, -0.05) is 25.4 Å². The Kier molecular flexibility index (Phi) is 2.83. The minimum absolute atomic E-state index is 0.456. The second-order valence-corrected chi connectivity index (χ2v) is 3.33. The highest BCUT2D eigenvalue weighted by atomic mass is 35.5. The molecule has 0 fully saturated rings. The van der Waals surface area contributed by atoms with E-state index in [-0.39, 0.29) is 0 Å². The van der Waals surface area contributed by atoms with Crippen LogP contribution in [0.3, 0.4) is 0 Å². The van der Waals surface area contributed by atoms with Crippen molar-refractivity contribution in [2.24, 2.45) is 5.92 Å². The minimum atomic E-state index is 0.456. The standard InChI is InChI=1S/C8H11ClN2/c1-6(2)5-7-3-4-8(9)11-10-7/h3-4,6H,5H2,1-2H3. The number of hydrogen-bond acceptors (Lipinski definition) is 2. The van der Waals surface area contributed by atoms with Crippen LogP contribution in [0.1, 0.15) is 19.5 Å². The van der Waals surface area contributed by atoms with Crippen LogP contribution in [-0.2, 0) is 6.42 Å². The van der Waals surface area contributed by atoms with Crippen LogP contribution >= 0.6 is 11.6 Å². The van der Waals surface area contributed by atoms with Crippen molar-refractivity contribution in [1.82, 2.24) is 10.2 Å². The Morgan fingerprint density at radius 3 is 2.55 bits per heavy atom. The predicted octanol–water partition coefficient (Wildman–Crippen LogP) is 2.33. The Morgan fingerprint density at radius 1 is 1.36 bits per heavy atom. The fraction of sp³-hybridized carbons (Fsp3) is 0.500. The molecule has 3 heteroatoms. The number of hydrogen-bond donors (Lipinski definition) is 0. The molecular weight excluding hydrogens is 160 g/mol. The molecule has 1 aromatic rings. The topological polar surface area (TPSA) is 25.8 Å². The van der Waals surface area contributed by atoms with Gasteiger partial charge in [0.2, 0.25) is 0 Å². The van der Waals surface area contributed by atoms with Crippen LogP contribution in [0.5, 0.6) is 0 Å². The highest BCUT2D eigenvalue weighted by molar-refractivity contribution is 6.29. The maximum Gasteiger partial charge on any atom is 0.151 e. The van der Waals surface area contributed by atoms with Crippen molar-refractivity contribution in [3.63, 3.8) is 0 Å². The largest absolute Gasteiger partial charge is 0.154 e. The van der Waals surface area contributed by atoms with Gasteiger partial charge in [-0.25, -0.2) is 0 Å². The molecule has 0 radical (unpaired) electrons. The van der Waals surface area contributed by atoms with Gasteiger partial charge in [-0.2, -0.15) is 5.10 Å². The zero-order valence-corrected chi connectivity index (χ0v) is 7.47. The van der Waals surface area contributed by atoms with Gasteiger partial charge in [0, 0.05) is 0 Å². The molecule has 0 saturated heterocycles. The van der Waals surface area contributed by atoms with Gasteiger partial charge < -0.3 is 0 Å². The first-order valence-electron chi connectivity index (χ1n) is 3.66. The van der Waals surface area contributed by atoms with Gasteiger partial charge in [0.05, 0.1) is 5.69 Å². The lowest BCUT2D eigenvalue weighted by atomic mass is 10.1. The van der Waals surface area contributed by atoms with E-state index in [9.17, 15) is 0 Å². The van der Waals surface area contributed by atoms with Crippen LogP contribution < -0.4 is 0 Å². The van der Waals surface area contributed by atoms with E-state index < -0.39 is 0 Å². The quantitative estimate of drug-likeness (QED) is 0.681. The maximum atomic E-state index is 5.57. The molecule has 60 valence electrons. The summed E-state index contributed by atoms with van der Waals surface area (Å²) in [6.07, 6.45) is 0.962. The Morgan fingerprint density at radius 2 is 2.09 bits per heavy atom. The zero-order valence-electron chi connectivity index (χ0n) is 6.71. The molecule has 0 aliphatic heterocycles.